The van der Waals surface area contributed by atoms with Crippen LogP contribution in [-0.4, -0.2) is 29.2 Å². The number of anilines is 1. The fourth-order valence-electron chi connectivity index (χ4n) is 1.99. The zero-order valence-corrected chi connectivity index (χ0v) is 14.8. The van der Waals surface area contributed by atoms with Crippen molar-refractivity contribution in [1.29, 1.82) is 0 Å². The Morgan fingerprint density at radius 1 is 1.43 bits per heavy atom. The van der Waals surface area contributed by atoms with Gasteiger partial charge < -0.3 is 10.1 Å². The molecule has 23 heavy (non-hydrogen) atoms. The van der Waals surface area contributed by atoms with Gasteiger partial charge in [-0.25, -0.2) is 4.79 Å². The first-order valence-corrected chi connectivity index (χ1v) is 8.30. The molecule has 0 spiro atoms. The predicted octanol–water partition coefficient (Wildman–Crippen LogP) is 4.08. The second-order valence-corrected chi connectivity index (χ2v) is 6.78. The lowest BCUT2D eigenvalue weighted by molar-refractivity contribution is 0.0606. The summed E-state index contributed by atoms with van der Waals surface area (Å²) in [5, 5.41) is 10.2. The van der Waals surface area contributed by atoms with E-state index in [1.54, 1.807) is 18.2 Å². The second-order valence-electron chi connectivity index (χ2n) is 4.49. The molecule has 1 aromatic carbocycles. The van der Waals surface area contributed by atoms with Crippen LogP contribution in [0.5, 0.6) is 0 Å². The van der Waals surface area contributed by atoms with Crippen LogP contribution in [-0.2, 0) is 4.74 Å². The lowest BCUT2D eigenvalue weighted by Crippen LogP contribution is -2.12. The van der Waals surface area contributed by atoms with Crippen molar-refractivity contribution in [3.05, 3.63) is 44.5 Å². The lowest BCUT2D eigenvalue weighted by atomic mass is 10.2. The standard InChI is InChI=1S/C14H9BrClN3O3S/c1-22-14(21)12-10(16)7-3-2-6(4-9(7)23-12)18-13(20)11-8(15)5-17-19-11/h2-5H,1H3,(H,17,19)(H,18,20). The minimum absolute atomic E-state index is 0.324. The number of nitrogens with one attached hydrogen (secondary N) is 2. The van der Waals surface area contributed by atoms with Gasteiger partial charge in [-0.3, -0.25) is 9.89 Å². The number of ether oxygens (including phenoxy) is 1. The van der Waals surface area contributed by atoms with Crippen LogP contribution < -0.4 is 5.32 Å². The number of nitrogens with zero attached hydrogens (tertiary/aromatic N) is 1. The molecule has 9 heteroatoms. The third-order valence-electron chi connectivity index (χ3n) is 3.08. The van der Waals surface area contributed by atoms with E-state index in [1.165, 1.54) is 24.6 Å². The zero-order chi connectivity index (χ0) is 16.6. The maximum absolute atomic E-state index is 12.1. The highest BCUT2D eigenvalue weighted by Crippen LogP contribution is 2.37. The van der Waals surface area contributed by atoms with Crippen LogP contribution in [0.3, 0.4) is 0 Å². The van der Waals surface area contributed by atoms with Crippen LogP contribution in [0.2, 0.25) is 5.02 Å². The Balaban J connectivity index is 1.93. The van der Waals surface area contributed by atoms with Gasteiger partial charge in [-0.15, -0.1) is 11.3 Å². The SMILES string of the molecule is COC(=O)c1sc2cc(NC(=O)c3[nH]ncc3Br)ccc2c1Cl. The summed E-state index contributed by atoms with van der Waals surface area (Å²) >= 11 is 10.6. The molecule has 1 amide bonds. The van der Waals surface area contributed by atoms with Gasteiger partial charge in [-0.1, -0.05) is 11.6 Å². The van der Waals surface area contributed by atoms with Gasteiger partial charge in [0.05, 0.1) is 22.8 Å². The Bertz CT molecular complexity index is 921. The number of halogens is 2. The van der Waals surface area contributed by atoms with Crippen LogP contribution in [0.25, 0.3) is 10.1 Å². The highest BCUT2D eigenvalue weighted by Gasteiger charge is 2.18. The van der Waals surface area contributed by atoms with E-state index < -0.39 is 5.97 Å². The maximum Gasteiger partial charge on any atom is 0.349 e. The van der Waals surface area contributed by atoms with Crippen LogP contribution in [0.4, 0.5) is 5.69 Å². The summed E-state index contributed by atoms with van der Waals surface area (Å²) < 4.78 is 6.05. The Hall–Kier alpha value is -1.90. The van der Waals surface area contributed by atoms with Gasteiger partial charge >= 0.3 is 5.97 Å². The van der Waals surface area contributed by atoms with E-state index in [9.17, 15) is 9.59 Å². The molecule has 0 saturated carbocycles. The van der Waals surface area contributed by atoms with Crippen molar-refractivity contribution in [2.24, 2.45) is 0 Å². The summed E-state index contributed by atoms with van der Waals surface area (Å²) in [6.45, 7) is 0. The van der Waals surface area contributed by atoms with Crippen molar-refractivity contribution in [3.63, 3.8) is 0 Å². The van der Waals surface area contributed by atoms with E-state index in [1.807, 2.05) is 0 Å². The molecule has 2 heterocycles. The summed E-state index contributed by atoms with van der Waals surface area (Å²) in [7, 11) is 1.30. The third kappa shape index (κ3) is 2.97. The van der Waals surface area contributed by atoms with Crippen molar-refractivity contribution < 1.29 is 14.3 Å². The number of methoxy groups -OCH3 is 1. The van der Waals surface area contributed by atoms with E-state index in [0.717, 1.165) is 10.1 Å². The molecule has 118 valence electrons. The van der Waals surface area contributed by atoms with Gasteiger partial charge in [0.2, 0.25) is 0 Å². The number of hydrogen-bond donors (Lipinski definition) is 2. The average Bonchev–Trinajstić information content (AvgIpc) is 3.10. The van der Waals surface area contributed by atoms with Crippen LogP contribution in [0.1, 0.15) is 20.2 Å². The number of carbonyl (C=O) groups excluding carboxylic acids is 2. The highest BCUT2D eigenvalue weighted by molar-refractivity contribution is 9.10. The number of carbonyl (C=O) groups is 2. The molecule has 0 fully saturated rings. The molecule has 2 N–H and O–H groups in total. The normalized spacial score (nSPS) is 10.7. The van der Waals surface area contributed by atoms with Gasteiger partial charge in [0.25, 0.3) is 5.91 Å². The number of esters is 1. The van der Waals surface area contributed by atoms with Gasteiger partial charge in [-0.05, 0) is 34.1 Å². The summed E-state index contributed by atoms with van der Waals surface area (Å²) in [6.07, 6.45) is 1.50. The number of thiophene rings is 1. The molecule has 0 aliphatic carbocycles. The Labute approximate surface area is 147 Å². The fraction of sp³-hybridized carbons (Fsp3) is 0.0714. The van der Waals surface area contributed by atoms with Crippen molar-refractivity contribution in [2.75, 3.05) is 12.4 Å². The molecule has 0 atom stereocenters. The van der Waals surface area contributed by atoms with E-state index in [2.05, 4.69) is 31.4 Å². The number of aromatic amines is 1. The van der Waals surface area contributed by atoms with Gasteiger partial charge in [0.15, 0.2) is 0 Å². The fourth-order valence-corrected chi connectivity index (χ4v) is 3.83. The van der Waals surface area contributed by atoms with Crippen molar-refractivity contribution in [3.8, 4) is 0 Å². The monoisotopic (exact) mass is 413 g/mol. The zero-order valence-electron chi connectivity index (χ0n) is 11.6. The quantitative estimate of drug-likeness (QED) is 0.633. The predicted molar refractivity (Wildman–Crippen MR) is 92.4 cm³/mol. The van der Waals surface area contributed by atoms with E-state index in [0.29, 0.717) is 25.8 Å². The van der Waals surface area contributed by atoms with E-state index in [-0.39, 0.29) is 5.91 Å². The molecule has 3 rings (SSSR count). The number of benzene rings is 1. The lowest BCUT2D eigenvalue weighted by Gasteiger charge is -2.04. The first-order valence-electron chi connectivity index (χ1n) is 6.32. The van der Waals surface area contributed by atoms with Crippen LogP contribution in [0.15, 0.2) is 28.9 Å². The maximum atomic E-state index is 12.1. The number of fused-ring (bicyclic) bond motifs is 1. The molecule has 3 aromatic rings. The smallest absolute Gasteiger partial charge is 0.349 e. The molecule has 6 nitrogen and oxygen atoms in total. The number of amides is 1. The Kier molecular flexibility index (Phi) is 4.38. The first kappa shape index (κ1) is 16.0. The molecule has 2 aromatic heterocycles. The molecular formula is C14H9BrClN3O3S. The van der Waals surface area contributed by atoms with E-state index >= 15 is 0 Å². The topological polar surface area (TPSA) is 84.1 Å². The molecule has 0 bridgehead atoms. The highest BCUT2D eigenvalue weighted by atomic mass is 79.9. The van der Waals surface area contributed by atoms with Crippen LogP contribution in [0, 0.1) is 0 Å². The number of rotatable bonds is 3. The van der Waals surface area contributed by atoms with Crippen molar-refractivity contribution in [1.82, 2.24) is 10.2 Å². The number of hydrogen-bond acceptors (Lipinski definition) is 5. The largest absolute Gasteiger partial charge is 0.465 e. The minimum atomic E-state index is -0.483. The van der Waals surface area contributed by atoms with Crippen molar-refractivity contribution in [2.45, 2.75) is 0 Å². The second kappa shape index (κ2) is 6.31. The molecule has 0 aliphatic heterocycles. The summed E-state index contributed by atoms with van der Waals surface area (Å²) in [6, 6.07) is 5.21. The van der Waals surface area contributed by atoms with E-state index in [4.69, 9.17) is 16.3 Å². The summed E-state index contributed by atoms with van der Waals surface area (Å²) in [5.41, 5.74) is 0.905. The molecular weight excluding hydrogens is 406 g/mol. The Morgan fingerprint density at radius 3 is 2.87 bits per heavy atom. The minimum Gasteiger partial charge on any atom is -0.465 e. The summed E-state index contributed by atoms with van der Waals surface area (Å²) in [4.78, 5) is 24.2. The first-order chi connectivity index (χ1) is 11.0. The Morgan fingerprint density at radius 2 is 2.22 bits per heavy atom. The molecule has 0 radical (unpaired) electrons. The van der Waals surface area contributed by atoms with Crippen molar-refractivity contribution >= 4 is 66.5 Å². The van der Waals surface area contributed by atoms with Gasteiger partial charge in [-0.2, -0.15) is 5.10 Å². The molecule has 0 unspecified atom stereocenters. The molecule has 0 aliphatic rings. The van der Waals surface area contributed by atoms with Gasteiger partial charge in [0.1, 0.15) is 10.6 Å². The van der Waals surface area contributed by atoms with Crippen LogP contribution >= 0.6 is 38.9 Å². The molecule has 0 saturated heterocycles. The third-order valence-corrected chi connectivity index (χ3v) is 5.32. The summed E-state index contributed by atoms with van der Waals surface area (Å²) in [5.74, 6) is -0.812. The number of aromatic nitrogens is 2. The average molecular weight is 415 g/mol. The van der Waals surface area contributed by atoms with Gasteiger partial charge in [0, 0.05) is 15.8 Å². The number of H-pyrrole nitrogens is 1.